The lowest BCUT2D eigenvalue weighted by atomic mass is 10.0. The van der Waals surface area contributed by atoms with E-state index in [1.54, 1.807) is 11.8 Å². The molecule has 0 radical (unpaired) electrons. The Hall–Kier alpha value is -0.670. The van der Waals surface area contributed by atoms with Crippen LogP contribution in [0.1, 0.15) is 32.3 Å². The van der Waals surface area contributed by atoms with Crippen LogP contribution in [-0.2, 0) is 6.54 Å². The Labute approximate surface area is 115 Å². The third-order valence-corrected chi connectivity index (χ3v) is 4.73. The van der Waals surface area contributed by atoms with E-state index >= 15 is 0 Å². The first-order chi connectivity index (χ1) is 8.69. The maximum Gasteiger partial charge on any atom is 0.0425 e. The molecule has 1 fully saturated rings. The van der Waals surface area contributed by atoms with Gasteiger partial charge in [0, 0.05) is 35.3 Å². The molecule has 3 heteroatoms. The fraction of sp³-hybridized carbons (Fsp3) is 0.600. The second-order valence-electron chi connectivity index (χ2n) is 5.31. The van der Waals surface area contributed by atoms with Crippen molar-refractivity contribution in [2.24, 2.45) is 11.7 Å². The zero-order chi connectivity index (χ0) is 13.1. The van der Waals surface area contributed by atoms with Gasteiger partial charge in [0.2, 0.25) is 0 Å². The summed E-state index contributed by atoms with van der Waals surface area (Å²) in [5.74, 6) is 0.705. The molecule has 1 atom stereocenters. The SMILES string of the molecule is CSc1cccc(N2CCCC2C(C)C)c1CN. The van der Waals surface area contributed by atoms with Crippen LogP contribution >= 0.6 is 11.8 Å². The minimum atomic E-state index is 0.633. The molecule has 0 bridgehead atoms. The van der Waals surface area contributed by atoms with Crippen LogP contribution in [0.4, 0.5) is 5.69 Å². The number of anilines is 1. The summed E-state index contributed by atoms with van der Waals surface area (Å²) in [5.41, 5.74) is 8.65. The van der Waals surface area contributed by atoms with Gasteiger partial charge in [-0.1, -0.05) is 19.9 Å². The Morgan fingerprint density at radius 3 is 2.83 bits per heavy atom. The lowest BCUT2D eigenvalue weighted by Gasteiger charge is -2.32. The summed E-state index contributed by atoms with van der Waals surface area (Å²) in [5, 5.41) is 0. The van der Waals surface area contributed by atoms with E-state index in [9.17, 15) is 0 Å². The fourth-order valence-electron chi connectivity index (χ4n) is 3.00. The maximum atomic E-state index is 5.98. The molecule has 100 valence electrons. The highest BCUT2D eigenvalue weighted by Crippen LogP contribution is 2.35. The summed E-state index contributed by atoms with van der Waals surface area (Å²) in [6.07, 6.45) is 4.74. The molecule has 2 rings (SSSR count). The van der Waals surface area contributed by atoms with Gasteiger partial charge in [0.1, 0.15) is 0 Å². The Kier molecular flexibility index (Phi) is 4.57. The minimum absolute atomic E-state index is 0.633. The second kappa shape index (κ2) is 5.98. The van der Waals surface area contributed by atoms with Gasteiger partial charge in [0.05, 0.1) is 0 Å². The van der Waals surface area contributed by atoms with Crippen molar-refractivity contribution < 1.29 is 0 Å². The highest BCUT2D eigenvalue weighted by Gasteiger charge is 2.28. The van der Waals surface area contributed by atoms with Crippen molar-refractivity contribution in [3.8, 4) is 0 Å². The fourth-order valence-corrected chi connectivity index (χ4v) is 3.65. The number of benzene rings is 1. The van der Waals surface area contributed by atoms with Gasteiger partial charge in [0.25, 0.3) is 0 Å². The normalized spacial score (nSPS) is 19.8. The zero-order valence-corrected chi connectivity index (χ0v) is 12.5. The number of thioether (sulfide) groups is 1. The third-order valence-electron chi connectivity index (χ3n) is 3.91. The van der Waals surface area contributed by atoms with Crippen molar-refractivity contribution >= 4 is 17.4 Å². The molecule has 0 aliphatic carbocycles. The number of hydrogen-bond acceptors (Lipinski definition) is 3. The van der Waals surface area contributed by atoms with Crippen LogP contribution in [0.3, 0.4) is 0 Å². The van der Waals surface area contributed by atoms with E-state index in [4.69, 9.17) is 5.73 Å². The van der Waals surface area contributed by atoms with E-state index in [2.05, 4.69) is 43.2 Å². The Balaban J connectivity index is 2.38. The molecule has 1 heterocycles. The van der Waals surface area contributed by atoms with Gasteiger partial charge in [-0.2, -0.15) is 0 Å². The molecule has 1 saturated heterocycles. The number of nitrogens with zero attached hydrogens (tertiary/aromatic N) is 1. The summed E-state index contributed by atoms with van der Waals surface area (Å²) in [4.78, 5) is 3.90. The molecule has 0 saturated carbocycles. The van der Waals surface area contributed by atoms with Gasteiger partial charge in [-0.05, 0) is 37.1 Å². The smallest absolute Gasteiger partial charge is 0.0425 e. The summed E-state index contributed by atoms with van der Waals surface area (Å²) in [6.45, 7) is 6.45. The molecule has 2 N–H and O–H groups in total. The topological polar surface area (TPSA) is 29.3 Å². The molecule has 1 unspecified atom stereocenters. The zero-order valence-electron chi connectivity index (χ0n) is 11.6. The van der Waals surface area contributed by atoms with Crippen LogP contribution in [-0.4, -0.2) is 18.8 Å². The molecule has 0 spiro atoms. The van der Waals surface area contributed by atoms with Crippen molar-refractivity contribution in [2.45, 2.75) is 44.2 Å². The van der Waals surface area contributed by atoms with Crippen LogP contribution < -0.4 is 10.6 Å². The van der Waals surface area contributed by atoms with E-state index in [0.717, 1.165) is 0 Å². The standard InChI is InChI=1S/C15H24N2S/c1-11(2)13-7-5-9-17(13)14-6-4-8-15(18-3)12(14)10-16/h4,6,8,11,13H,5,7,9-10,16H2,1-3H3. The van der Waals surface area contributed by atoms with Crippen molar-refractivity contribution in [1.82, 2.24) is 0 Å². The molecule has 1 aliphatic heterocycles. The lowest BCUT2D eigenvalue weighted by molar-refractivity contribution is 0.491. The van der Waals surface area contributed by atoms with Gasteiger partial charge in [-0.15, -0.1) is 11.8 Å². The summed E-state index contributed by atoms with van der Waals surface area (Å²) in [7, 11) is 0. The molecule has 1 aliphatic rings. The van der Waals surface area contributed by atoms with E-state index in [-0.39, 0.29) is 0 Å². The summed E-state index contributed by atoms with van der Waals surface area (Å²) < 4.78 is 0. The molecule has 18 heavy (non-hydrogen) atoms. The Morgan fingerprint density at radius 2 is 2.22 bits per heavy atom. The maximum absolute atomic E-state index is 5.98. The van der Waals surface area contributed by atoms with Crippen molar-refractivity contribution in [2.75, 3.05) is 17.7 Å². The largest absolute Gasteiger partial charge is 0.368 e. The predicted octanol–water partition coefficient (Wildman–Crippen LogP) is 3.49. The highest BCUT2D eigenvalue weighted by atomic mass is 32.2. The number of hydrogen-bond donors (Lipinski definition) is 1. The highest BCUT2D eigenvalue weighted by molar-refractivity contribution is 7.98. The van der Waals surface area contributed by atoms with E-state index < -0.39 is 0 Å². The minimum Gasteiger partial charge on any atom is -0.368 e. The molecule has 0 amide bonds. The number of rotatable bonds is 4. The summed E-state index contributed by atoms with van der Waals surface area (Å²) in [6, 6.07) is 7.25. The molecular weight excluding hydrogens is 240 g/mol. The molecule has 2 nitrogen and oxygen atoms in total. The van der Waals surface area contributed by atoms with Crippen molar-refractivity contribution in [3.63, 3.8) is 0 Å². The van der Waals surface area contributed by atoms with Gasteiger partial charge < -0.3 is 10.6 Å². The van der Waals surface area contributed by atoms with Gasteiger partial charge in [-0.25, -0.2) is 0 Å². The van der Waals surface area contributed by atoms with Crippen LogP contribution in [0, 0.1) is 5.92 Å². The van der Waals surface area contributed by atoms with Crippen LogP contribution in [0.5, 0.6) is 0 Å². The first kappa shape index (κ1) is 13.8. The van der Waals surface area contributed by atoms with Gasteiger partial charge >= 0.3 is 0 Å². The van der Waals surface area contributed by atoms with Crippen LogP contribution in [0.25, 0.3) is 0 Å². The van der Waals surface area contributed by atoms with Crippen molar-refractivity contribution in [3.05, 3.63) is 23.8 Å². The number of nitrogens with two attached hydrogens (primary N) is 1. The van der Waals surface area contributed by atoms with Crippen LogP contribution in [0.2, 0.25) is 0 Å². The predicted molar refractivity (Wildman–Crippen MR) is 81.3 cm³/mol. The average molecular weight is 264 g/mol. The molecule has 0 aromatic heterocycles. The lowest BCUT2D eigenvalue weighted by Crippen LogP contribution is -2.34. The molecule has 1 aromatic carbocycles. The van der Waals surface area contributed by atoms with E-state index in [0.29, 0.717) is 18.5 Å². The summed E-state index contributed by atoms with van der Waals surface area (Å²) >= 11 is 1.80. The Bertz CT molecular complexity index is 403. The second-order valence-corrected chi connectivity index (χ2v) is 6.16. The monoisotopic (exact) mass is 264 g/mol. The first-order valence-electron chi connectivity index (χ1n) is 6.81. The third kappa shape index (κ3) is 2.52. The quantitative estimate of drug-likeness (QED) is 0.844. The van der Waals surface area contributed by atoms with E-state index in [1.165, 1.54) is 35.5 Å². The molecule has 1 aromatic rings. The van der Waals surface area contributed by atoms with Crippen molar-refractivity contribution in [1.29, 1.82) is 0 Å². The van der Waals surface area contributed by atoms with Crippen LogP contribution in [0.15, 0.2) is 23.1 Å². The van der Waals surface area contributed by atoms with Gasteiger partial charge in [-0.3, -0.25) is 0 Å². The first-order valence-corrected chi connectivity index (χ1v) is 8.04. The van der Waals surface area contributed by atoms with Gasteiger partial charge in [0.15, 0.2) is 0 Å². The average Bonchev–Trinajstić information content (AvgIpc) is 2.86. The molecular formula is C15H24N2S. The Morgan fingerprint density at radius 1 is 1.44 bits per heavy atom. The van der Waals surface area contributed by atoms with E-state index in [1.807, 2.05) is 0 Å².